The second-order valence-electron chi connectivity index (χ2n) is 33.6. The maximum absolute atomic E-state index is 14.1. The Kier molecular flexibility index (Phi) is 35.0. The van der Waals surface area contributed by atoms with Gasteiger partial charge in [-0.2, -0.15) is 0 Å². The fraction of sp³-hybridized carbons (Fsp3) is 0.229. The van der Waals surface area contributed by atoms with E-state index in [4.69, 9.17) is 81.5 Å². The first-order chi connectivity index (χ1) is 68.9. The number of aromatic amines is 4. The van der Waals surface area contributed by atoms with E-state index in [0.717, 1.165) is 22.2 Å². The van der Waals surface area contributed by atoms with Crippen molar-refractivity contribution in [1.29, 1.82) is 0 Å². The van der Waals surface area contributed by atoms with E-state index in [1.54, 1.807) is 162 Å². The van der Waals surface area contributed by atoms with E-state index in [1.165, 1.54) is 114 Å². The van der Waals surface area contributed by atoms with Crippen molar-refractivity contribution in [2.45, 2.75) is 85.9 Å². The third-order valence-electron chi connectivity index (χ3n) is 23.5. The molecule has 12 aromatic carbocycles. The molecule has 16 rings (SSSR count). The number of hydrogen-bond donors (Lipinski definition) is 12. The number of fused-ring (bicyclic) bond motifs is 4. The largest absolute Gasteiger partial charge is 0.573 e. The third kappa shape index (κ3) is 26.0. The zero-order valence-electron chi connectivity index (χ0n) is 80.1. The molecule has 0 saturated carbocycles. The van der Waals surface area contributed by atoms with Gasteiger partial charge in [-0.1, -0.05) is 47.5 Å². The zero-order chi connectivity index (χ0) is 104. The number of rotatable bonds is 37. The first-order valence-electron chi connectivity index (χ1n) is 45.1. The van der Waals surface area contributed by atoms with E-state index in [-0.39, 0.29) is 110 Å². The standard InChI is InChI=1S/C28H26F4N2O5.2C27H26ClFN2O4.C27H26F2N2O4/c1-15-8-17(29)4-5-21(15)26(34-18-10-19(37-3)12-20(11-18)38-7-6-35)27(36)23-14-33-24-13-25(39-28(30,31)32)16(2)9-22(23)24;1-15-9-18(29)4-5-22(15)26(31-19-11-20(34-3)13-21(12-19)35-7-6-32)27(33)24-14-30-25-16(2)8-17(28)10-23(24)25;1-15-8-17(29)4-5-21(15)26(31-18-10-19(34-3)12-20(11-18)35-7-6-32)27(33)23-14-30-25-9-16(2)24(28)13-22(23)25;1-15-8-17(28)4-5-21(15)26(31-18-10-19(34-3)12-20(11-18)35-7-6-32)27(33)23-14-30-25-13-24(29)16(2)9-22(23)25/h4-5,8-14,26,33-35H,6-7H2,1-3H3;3*4-5,8-14,26,30-32H,6-7H2,1-3H3. The Morgan fingerprint density at radius 1 is 0.326 bits per heavy atom. The van der Waals surface area contributed by atoms with E-state index in [0.29, 0.717) is 173 Å². The molecule has 144 heavy (non-hydrogen) atoms. The molecule has 0 aliphatic heterocycles. The van der Waals surface area contributed by atoms with Crippen molar-refractivity contribution < 1.29 is 117 Å². The highest BCUT2D eigenvalue weighted by Crippen LogP contribution is 2.43. The molecule has 16 aromatic rings. The molecule has 12 N–H and O–H groups in total. The first-order valence-corrected chi connectivity index (χ1v) is 45.8. The third-order valence-corrected chi connectivity index (χ3v) is 24.1. The number of aliphatic hydroxyl groups is 4. The lowest BCUT2D eigenvalue weighted by atomic mass is 9.93. The molecule has 4 atom stereocenters. The van der Waals surface area contributed by atoms with Gasteiger partial charge in [-0.25, -0.2) is 22.0 Å². The molecule has 4 unspecified atom stereocenters. The molecule has 0 saturated heterocycles. The van der Waals surface area contributed by atoms with Gasteiger partial charge in [-0.3, -0.25) is 19.2 Å². The number of hydrogen-bond acceptors (Lipinski definition) is 21. The van der Waals surface area contributed by atoms with E-state index < -0.39 is 47.9 Å². The number of anilines is 4. The summed E-state index contributed by atoms with van der Waals surface area (Å²) >= 11 is 12.6. The van der Waals surface area contributed by atoms with Crippen LogP contribution >= 0.6 is 23.2 Å². The van der Waals surface area contributed by atoms with Crippen molar-refractivity contribution in [2.75, 3.05) is 103 Å². The van der Waals surface area contributed by atoms with Crippen molar-refractivity contribution in [3.05, 3.63) is 347 Å². The summed E-state index contributed by atoms with van der Waals surface area (Å²) in [5.74, 6) is 0.195. The van der Waals surface area contributed by atoms with Crippen LogP contribution in [0.1, 0.15) is 132 Å². The first kappa shape index (κ1) is 106. The number of aryl methyl sites for hydroxylation is 8. The van der Waals surface area contributed by atoms with Crippen LogP contribution < -0.4 is 63.9 Å². The van der Waals surface area contributed by atoms with Crippen LogP contribution in [0.2, 0.25) is 10.0 Å². The van der Waals surface area contributed by atoms with Crippen molar-refractivity contribution in [1.82, 2.24) is 19.9 Å². The Bertz CT molecular complexity index is 7160. The normalized spacial score (nSPS) is 12.0. The minimum Gasteiger partial charge on any atom is -0.497 e. The predicted octanol–water partition coefficient (Wildman–Crippen LogP) is 23.7. The highest BCUT2D eigenvalue weighted by atomic mass is 35.5. The van der Waals surface area contributed by atoms with Gasteiger partial charge in [-0.15, -0.1) is 13.2 Å². The molecular weight excluding hydrogens is 1920 g/mol. The monoisotopic (exact) mass is 2020 g/mol. The number of alkyl halides is 3. The minimum absolute atomic E-state index is 0.0424. The number of aromatic nitrogens is 4. The molecule has 4 heterocycles. The number of carbonyl (C=O) groups excluding carboxylic acids is 4. The number of halogens is 10. The fourth-order valence-corrected chi connectivity index (χ4v) is 17.0. The maximum Gasteiger partial charge on any atom is 0.573 e. The average molecular weight is 2020 g/mol. The van der Waals surface area contributed by atoms with Gasteiger partial charge in [0.05, 0.1) is 54.9 Å². The summed E-state index contributed by atoms with van der Waals surface area (Å²) in [7, 11) is 6.03. The van der Waals surface area contributed by atoms with Crippen LogP contribution in [0.4, 0.5) is 57.9 Å². The highest BCUT2D eigenvalue weighted by Gasteiger charge is 2.36. The molecule has 0 aliphatic rings. The van der Waals surface area contributed by atoms with Crippen LogP contribution in [0.15, 0.2) is 219 Å². The molecule has 0 spiro atoms. The van der Waals surface area contributed by atoms with Crippen molar-refractivity contribution >= 4 is 113 Å². The van der Waals surface area contributed by atoms with Crippen LogP contribution in [-0.2, 0) is 0 Å². The Balaban J connectivity index is 0.000000161. The molecule has 25 nitrogen and oxygen atoms in total. The molecular formula is C109H104Cl2F8N8O17. The molecule has 4 aromatic heterocycles. The minimum atomic E-state index is -4.87. The highest BCUT2D eigenvalue weighted by molar-refractivity contribution is 6.33. The molecule has 752 valence electrons. The van der Waals surface area contributed by atoms with Crippen molar-refractivity contribution in [3.63, 3.8) is 0 Å². The molecule has 0 bridgehead atoms. The van der Waals surface area contributed by atoms with Gasteiger partial charge in [-0.05, 0) is 213 Å². The van der Waals surface area contributed by atoms with Gasteiger partial charge in [0, 0.05) is 202 Å². The van der Waals surface area contributed by atoms with Gasteiger partial charge in [0.25, 0.3) is 0 Å². The summed E-state index contributed by atoms with van der Waals surface area (Å²) in [5, 5.41) is 52.9. The Labute approximate surface area is 832 Å². The van der Waals surface area contributed by atoms with Crippen LogP contribution in [0.3, 0.4) is 0 Å². The Hall–Kier alpha value is -15.3. The smallest absolute Gasteiger partial charge is 0.497 e. The van der Waals surface area contributed by atoms with E-state index in [9.17, 15) is 54.3 Å². The predicted molar refractivity (Wildman–Crippen MR) is 538 cm³/mol. The van der Waals surface area contributed by atoms with Gasteiger partial charge < -0.3 is 104 Å². The number of ketones is 4. The lowest BCUT2D eigenvalue weighted by Crippen LogP contribution is -2.22. The molecule has 0 fully saturated rings. The lowest BCUT2D eigenvalue weighted by molar-refractivity contribution is -0.274. The SMILES string of the molecule is COc1cc(NC(C(=O)c2c[nH]c3c(C)cc(Cl)cc23)c2ccc(F)cc2C)cc(OCCO)c1.COc1cc(NC(C(=O)c2c[nH]c3cc(C)c(Cl)cc23)c2ccc(F)cc2C)cc(OCCO)c1.COc1cc(NC(C(=O)c2c[nH]c3cc(F)c(C)cc23)c2ccc(F)cc2C)cc(OCCO)c1.COc1cc(NC(C(=O)c2c[nH]c3cc(OC(F)(F)F)c(C)cc23)c2ccc(F)cc2C)cc(OCCO)c1. The number of ether oxygens (including phenoxy) is 9. The zero-order valence-corrected chi connectivity index (χ0v) is 81.6. The topological polar surface area (TPSA) is 344 Å². The summed E-state index contributed by atoms with van der Waals surface area (Å²) in [4.78, 5) is 68.0. The number of benzene rings is 12. The molecule has 0 aliphatic carbocycles. The summed E-state index contributed by atoms with van der Waals surface area (Å²) in [6, 6.07) is 46.5. The summed E-state index contributed by atoms with van der Waals surface area (Å²) in [5.41, 5.74) is 13.2. The number of Topliss-reactive ketones (excluding diaryl/α,β-unsaturated/α-hetero) is 4. The molecule has 35 heteroatoms. The van der Waals surface area contributed by atoms with Crippen LogP contribution in [0, 0.1) is 84.5 Å². The maximum atomic E-state index is 14.1. The number of nitrogens with one attached hydrogen (secondary N) is 8. The van der Waals surface area contributed by atoms with Crippen LogP contribution in [0.25, 0.3) is 43.6 Å². The number of aliphatic hydroxyl groups excluding tert-OH is 4. The number of H-pyrrole nitrogens is 4. The number of methoxy groups -OCH3 is 4. The van der Waals surface area contributed by atoms with Gasteiger partial charge in [0.15, 0.2) is 23.1 Å². The Morgan fingerprint density at radius 3 is 0.944 bits per heavy atom. The second-order valence-corrected chi connectivity index (χ2v) is 34.5. The van der Waals surface area contributed by atoms with Gasteiger partial charge in [0.1, 0.15) is 131 Å². The summed E-state index contributed by atoms with van der Waals surface area (Å²) in [6.45, 7) is 13.6. The molecule has 0 radical (unpaired) electrons. The number of carbonyl (C=O) groups is 4. The fourth-order valence-electron chi connectivity index (χ4n) is 16.5. The Morgan fingerprint density at radius 2 is 0.625 bits per heavy atom. The van der Waals surface area contributed by atoms with Crippen LogP contribution in [-0.4, -0.2) is 151 Å². The van der Waals surface area contributed by atoms with Gasteiger partial charge >= 0.3 is 6.36 Å². The van der Waals surface area contributed by atoms with E-state index >= 15 is 0 Å². The van der Waals surface area contributed by atoms with Crippen molar-refractivity contribution in [2.24, 2.45) is 0 Å². The quantitative estimate of drug-likeness (QED) is 0.0127. The second kappa shape index (κ2) is 47.5. The average Bonchev–Trinajstić information content (AvgIpc) is 1.62. The summed E-state index contributed by atoms with van der Waals surface area (Å²) in [6.07, 6.45) is 1.44. The van der Waals surface area contributed by atoms with Crippen molar-refractivity contribution in [3.8, 4) is 51.7 Å². The summed E-state index contributed by atoms with van der Waals surface area (Å²) < 4.78 is 156. The van der Waals surface area contributed by atoms with Crippen LogP contribution in [0.5, 0.6) is 51.7 Å². The van der Waals surface area contributed by atoms with E-state index in [2.05, 4.69) is 45.9 Å². The van der Waals surface area contributed by atoms with Gasteiger partial charge in [0.2, 0.25) is 0 Å². The lowest BCUT2D eigenvalue weighted by Gasteiger charge is -2.22. The van der Waals surface area contributed by atoms with E-state index in [1.807, 2.05) is 26.0 Å². The molecule has 0 amide bonds.